The number of halogens is 1. The number of hydrogen-bond donors (Lipinski definition) is 0. The van der Waals surface area contributed by atoms with Crippen LogP contribution in [0.4, 0.5) is 5.69 Å². The van der Waals surface area contributed by atoms with E-state index in [4.69, 9.17) is 11.6 Å². The second-order valence-electron chi connectivity index (χ2n) is 3.57. The maximum absolute atomic E-state index is 10.6. The molecule has 88 valence electrons. The van der Waals surface area contributed by atoms with Crippen LogP contribution < -0.4 is 0 Å². The van der Waals surface area contributed by atoms with Crippen molar-refractivity contribution in [1.82, 2.24) is 4.98 Å². The maximum Gasteiger partial charge on any atom is 0.275 e. The van der Waals surface area contributed by atoms with Gasteiger partial charge in [0.1, 0.15) is 10.2 Å². The van der Waals surface area contributed by atoms with Gasteiger partial charge in [0.25, 0.3) is 5.69 Å². The molecule has 0 saturated carbocycles. The fourth-order valence-corrected chi connectivity index (χ4v) is 2.30. The summed E-state index contributed by atoms with van der Waals surface area (Å²) >= 11 is 7.21. The molecular formula is C10H13ClN2O2S. The van der Waals surface area contributed by atoms with Crippen molar-refractivity contribution in [2.45, 2.75) is 25.3 Å². The SMILES string of the molecule is CCC(C)CSc1cc([N+](=O)[O-])cc(Cl)n1. The Morgan fingerprint density at radius 2 is 2.31 bits per heavy atom. The van der Waals surface area contributed by atoms with E-state index >= 15 is 0 Å². The third kappa shape index (κ3) is 3.98. The highest BCUT2D eigenvalue weighted by molar-refractivity contribution is 7.99. The van der Waals surface area contributed by atoms with Gasteiger partial charge in [0, 0.05) is 11.8 Å². The molecule has 1 heterocycles. The second-order valence-corrected chi connectivity index (χ2v) is 5.00. The Morgan fingerprint density at radius 3 is 2.88 bits per heavy atom. The third-order valence-electron chi connectivity index (χ3n) is 2.18. The Labute approximate surface area is 104 Å². The number of nitro groups is 1. The summed E-state index contributed by atoms with van der Waals surface area (Å²) in [4.78, 5) is 14.2. The Morgan fingerprint density at radius 1 is 1.62 bits per heavy atom. The molecule has 1 unspecified atom stereocenters. The monoisotopic (exact) mass is 260 g/mol. The van der Waals surface area contributed by atoms with Gasteiger partial charge in [-0.3, -0.25) is 10.1 Å². The van der Waals surface area contributed by atoms with E-state index in [1.807, 2.05) is 0 Å². The molecule has 0 aromatic carbocycles. The van der Waals surface area contributed by atoms with Crippen molar-refractivity contribution in [3.8, 4) is 0 Å². The molecule has 0 N–H and O–H groups in total. The van der Waals surface area contributed by atoms with E-state index in [9.17, 15) is 10.1 Å². The van der Waals surface area contributed by atoms with Crippen LogP contribution in [-0.4, -0.2) is 15.7 Å². The molecule has 0 bridgehead atoms. The van der Waals surface area contributed by atoms with Crippen LogP contribution >= 0.6 is 23.4 Å². The topological polar surface area (TPSA) is 56.0 Å². The Bertz CT molecular complexity index is 387. The number of hydrogen-bond acceptors (Lipinski definition) is 4. The first kappa shape index (κ1) is 13.3. The van der Waals surface area contributed by atoms with Gasteiger partial charge in [0.15, 0.2) is 0 Å². The highest BCUT2D eigenvalue weighted by Gasteiger charge is 2.11. The number of thioether (sulfide) groups is 1. The number of aromatic nitrogens is 1. The van der Waals surface area contributed by atoms with Crippen LogP contribution in [0.2, 0.25) is 5.15 Å². The van der Waals surface area contributed by atoms with Crippen LogP contribution in [0.3, 0.4) is 0 Å². The standard InChI is InChI=1S/C10H13ClN2O2S/c1-3-7(2)6-16-10-5-8(13(14)15)4-9(11)12-10/h4-5,7H,3,6H2,1-2H3. The molecule has 0 amide bonds. The van der Waals surface area contributed by atoms with Crippen molar-refractivity contribution >= 4 is 29.1 Å². The van der Waals surface area contributed by atoms with Gasteiger partial charge in [-0.1, -0.05) is 31.9 Å². The molecule has 0 aliphatic heterocycles. The van der Waals surface area contributed by atoms with Crippen LogP contribution in [0.15, 0.2) is 17.2 Å². The van der Waals surface area contributed by atoms with Crippen molar-refractivity contribution in [2.24, 2.45) is 5.92 Å². The molecule has 1 atom stereocenters. The van der Waals surface area contributed by atoms with Gasteiger partial charge in [-0.05, 0) is 5.92 Å². The first-order chi connectivity index (χ1) is 7.52. The lowest BCUT2D eigenvalue weighted by Gasteiger charge is -2.06. The van der Waals surface area contributed by atoms with Gasteiger partial charge >= 0.3 is 0 Å². The van der Waals surface area contributed by atoms with Crippen molar-refractivity contribution in [3.63, 3.8) is 0 Å². The molecule has 1 aromatic rings. The molecule has 0 fully saturated rings. The normalized spacial score (nSPS) is 12.4. The average molecular weight is 261 g/mol. The number of pyridine rings is 1. The van der Waals surface area contributed by atoms with Crippen LogP contribution in [0.1, 0.15) is 20.3 Å². The van der Waals surface area contributed by atoms with E-state index in [-0.39, 0.29) is 10.8 Å². The summed E-state index contributed by atoms with van der Waals surface area (Å²) in [5.41, 5.74) is -0.00773. The zero-order valence-corrected chi connectivity index (χ0v) is 10.7. The molecule has 1 aromatic heterocycles. The van der Waals surface area contributed by atoms with E-state index in [2.05, 4.69) is 18.8 Å². The Hall–Kier alpha value is -0.810. The van der Waals surface area contributed by atoms with Crippen molar-refractivity contribution < 1.29 is 4.92 Å². The highest BCUT2D eigenvalue weighted by atomic mass is 35.5. The predicted octanol–water partition coefficient (Wildman–Crippen LogP) is 3.78. The summed E-state index contributed by atoms with van der Waals surface area (Å²) in [6.45, 7) is 4.24. The summed E-state index contributed by atoms with van der Waals surface area (Å²) in [5.74, 6) is 1.45. The van der Waals surface area contributed by atoms with E-state index in [0.29, 0.717) is 10.9 Å². The van der Waals surface area contributed by atoms with Crippen LogP contribution in [0.25, 0.3) is 0 Å². The van der Waals surface area contributed by atoms with Crippen LogP contribution in [0.5, 0.6) is 0 Å². The Balaban J connectivity index is 2.76. The van der Waals surface area contributed by atoms with Crippen LogP contribution in [0, 0.1) is 16.0 Å². The van der Waals surface area contributed by atoms with Crippen molar-refractivity contribution in [1.29, 1.82) is 0 Å². The van der Waals surface area contributed by atoms with Gasteiger partial charge in [-0.25, -0.2) is 4.98 Å². The minimum Gasteiger partial charge on any atom is -0.258 e. The molecule has 0 spiro atoms. The lowest BCUT2D eigenvalue weighted by molar-refractivity contribution is -0.385. The number of rotatable bonds is 5. The fourth-order valence-electron chi connectivity index (χ4n) is 0.985. The molecule has 0 radical (unpaired) electrons. The molecule has 4 nitrogen and oxygen atoms in total. The average Bonchev–Trinajstić information content (AvgIpc) is 2.25. The minimum atomic E-state index is -0.457. The lowest BCUT2D eigenvalue weighted by Crippen LogP contribution is -1.97. The van der Waals surface area contributed by atoms with Gasteiger partial charge in [-0.2, -0.15) is 0 Å². The second kappa shape index (κ2) is 6.06. The summed E-state index contributed by atoms with van der Waals surface area (Å²) in [6, 6.07) is 2.72. The summed E-state index contributed by atoms with van der Waals surface area (Å²) in [7, 11) is 0. The minimum absolute atomic E-state index is 0.00773. The molecule has 0 saturated heterocycles. The van der Waals surface area contributed by atoms with E-state index in [1.54, 1.807) is 0 Å². The first-order valence-electron chi connectivity index (χ1n) is 4.97. The molecule has 1 rings (SSSR count). The van der Waals surface area contributed by atoms with E-state index in [1.165, 1.54) is 23.9 Å². The summed E-state index contributed by atoms with van der Waals surface area (Å²) in [5, 5.41) is 11.4. The molecule has 0 aliphatic carbocycles. The Kier molecular flexibility index (Phi) is 5.02. The third-order valence-corrected chi connectivity index (χ3v) is 3.61. The van der Waals surface area contributed by atoms with E-state index in [0.717, 1.165) is 12.2 Å². The quantitative estimate of drug-likeness (QED) is 0.350. The molecule has 6 heteroatoms. The van der Waals surface area contributed by atoms with Gasteiger partial charge in [0.2, 0.25) is 0 Å². The maximum atomic E-state index is 10.6. The lowest BCUT2D eigenvalue weighted by atomic mass is 10.2. The molecule has 0 aliphatic rings. The van der Waals surface area contributed by atoms with Crippen molar-refractivity contribution in [3.05, 3.63) is 27.4 Å². The fraction of sp³-hybridized carbons (Fsp3) is 0.500. The largest absolute Gasteiger partial charge is 0.275 e. The van der Waals surface area contributed by atoms with Crippen molar-refractivity contribution in [2.75, 3.05) is 5.75 Å². The van der Waals surface area contributed by atoms with E-state index < -0.39 is 4.92 Å². The van der Waals surface area contributed by atoms with Gasteiger partial charge in [-0.15, -0.1) is 11.8 Å². The predicted molar refractivity (Wildman–Crippen MR) is 66.1 cm³/mol. The smallest absolute Gasteiger partial charge is 0.258 e. The summed E-state index contributed by atoms with van der Waals surface area (Å²) < 4.78 is 0. The molecule has 16 heavy (non-hydrogen) atoms. The van der Waals surface area contributed by atoms with Gasteiger partial charge in [0.05, 0.1) is 11.0 Å². The van der Waals surface area contributed by atoms with Gasteiger partial charge < -0.3 is 0 Å². The highest BCUT2D eigenvalue weighted by Crippen LogP contribution is 2.26. The molecular weight excluding hydrogens is 248 g/mol. The van der Waals surface area contributed by atoms with Crippen LogP contribution in [-0.2, 0) is 0 Å². The zero-order chi connectivity index (χ0) is 12.1. The zero-order valence-electron chi connectivity index (χ0n) is 9.14. The first-order valence-corrected chi connectivity index (χ1v) is 6.34. The summed E-state index contributed by atoms with van der Waals surface area (Å²) in [6.07, 6.45) is 1.08. The number of nitrogens with zero attached hydrogens (tertiary/aromatic N) is 2.